The van der Waals surface area contributed by atoms with E-state index in [2.05, 4.69) is 15.3 Å². The normalized spacial score (nSPS) is 22.2. The number of nitrogens with zero attached hydrogens (tertiary/aromatic N) is 4. The van der Waals surface area contributed by atoms with Gasteiger partial charge in [-0.2, -0.15) is 0 Å². The van der Waals surface area contributed by atoms with Crippen LogP contribution in [0.15, 0.2) is 29.1 Å². The van der Waals surface area contributed by atoms with Crippen molar-refractivity contribution in [1.29, 1.82) is 0 Å². The Hall–Kier alpha value is -2.94. The Morgan fingerprint density at radius 3 is 2.62 bits per heavy atom. The maximum Gasteiger partial charge on any atom is 0.346 e. The highest BCUT2D eigenvalue weighted by atomic mass is 16.3. The Morgan fingerprint density at radius 2 is 1.93 bits per heavy atom. The van der Waals surface area contributed by atoms with Crippen molar-refractivity contribution >= 4 is 17.5 Å². The lowest BCUT2D eigenvalue weighted by atomic mass is 10.1. The first-order valence-electron chi connectivity index (χ1n) is 9.93. The predicted molar refractivity (Wildman–Crippen MR) is 106 cm³/mol. The van der Waals surface area contributed by atoms with Gasteiger partial charge in [0.05, 0.1) is 0 Å². The van der Waals surface area contributed by atoms with Gasteiger partial charge in [-0.25, -0.2) is 9.48 Å². The summed E-state index contributed by atoms with van der Waals surface area (Å²) >= 11 is 0. The average molecular weight is 399 g/mol. The first-order chi connectivity index (χ1) is 14.0. The highest BCUT2D eigenvalue weighted by Crippen LogP contribution is 2.28. The molecular formula is C20H25N5O4. The second-order valence-corrected chi connectivity index (χ2v) is 7.74. The van der Waals surface area contributed by atoms with Crippen LogP contribution in [-0.2, 0) is 16.6 Å². The van der Waals surface area contributed by atoms with E-state index in [1.54, 1.807) is 7.05 Å². The van der Waals surface area contributed by atoms with E-state index in [1.807, 2.05) is 24.3 Å². The summed E-state index contributed by atoms with van der Waals surface area (Å²) in [6.07, 6.45) is 2.36. The molecule has 0 spiro atoms. The van der Waals surface area contributed by atoms with Gasteiger partial charge >= 0.3 is 5.69 Å². The minimum Gasteiger partial charge on any atom is -0.396 e. The molecular weight excluding hydrogens is 374 g/mol. The number of hydrogen-bond donors (Lipinski definition) is 2. The molecule has 9 heteroatoms. The summed E-state index contributed by atoms with van der Waals surface area (Å²) in [5.74, 6) is 0.180. The van der Waals surface area contributed by atoms with Crippen LogP contribution in [0.4, 0.5) is 5.69 Å². The summed E-state index contributed by atoms with van der Waals surface area (Å²) in [4.78, 5) is 38.4. The number of amides is 2. The van der Waals surface area contributed by atoms with Crippen molar-refractivity contribution in [3.63, 3.8) is 0 Å². The molecule has 2 amide bonds. The molecule has 2 atom stereocenters. The largest absolute Gasteiger partial charge is 0.396 e. The van der Waals surface area contributed by atoms with Gasteiger partial charge in [-0.3, -0.25) is 19.5 Å². The van der Waals surface area contributed by atoms with E-state index >= 15 is 0 Å². The first-order valence-corrected chi connectivity index (χ1v) is 9.93. The van der Waals surface area contributed by atoms with Crippen LogP contribution in [0.25, 0.3) is 11.4 Å². The van der Waals surface area contributed by atoms with Crippen LogP contribution in [-0.4, -0.2) is 51.0 Å². The highest BCUT2D eigenvalue weighted by molar-refractivity contribution is 5.99. The summed E-state index contributed by atoms with van der Waals surface area (Å²) in [6, 6.07) is 7.09. The molecule has 29 heavy (non-hydrogen) atoms. The summed E-state index contributed by atoms with van der Waals surface area (Å²) in [5, 5.41) is 15.8. The lowest BCUT2D eigenvalue weighted by Gasteiger charge is -2.19. The van der Waals surface area contributed by atoms with Crippen LogP contribution in [0.5, 0.6) is 0 Å². The monoisotopic (exact) mass is 399 g/mol. The Kier molecular flexibility index (Phi) is 5.23. The van der Waals surface area contributed by atoms with Gasteiger partial charge in [-0.1, -0.05) is 0 Å². The zero-order chi connectivity index (χ0) is 20.5. The number of anilines is 1. The van der Waals surface area contributed by atoms with E-state index in [1.165, 1.54) is 9.25 Å². The van der Waals surface area contributed by atoms with Gasteiger partial charge in [0.2, 0.25) is 5.91 Å². The second kappa shape index (κ2) is 7.82. The third-order valence-corrected chi connectivity index (χ3v) is 5.82. The third kappa shape index (κ3) is 3.69. The zero-order valence-electron chi connectivity index (χ0n) is 16.4. The average Bonchev–Trinajstić information content (AvgIpc) is 3.28. The van der Waals surface area contributed by atoms with Crippen molar-refractivity contribution < 1.29 is 14.7 Å². The maximum atomic E-state index is 12.6. The number of carbonyl (C=O) groups is 2. The van der Waals surface area contributed by atoms with Gasteiger partial charge in [0, 0.05) is 44.4 Å². The molecule has 2 aliphatic heterocycles. The van der Waals surface area contributed by atoms with Crippen LogP contribution < -0.4 is 15.9 Å². The second-order valence-electron chi connectivity index (χ2n) is 7.74. The van der Waals surface area contributed by atoms with Crippen molar-refractivity contribution in [3.05, 3.63) is 34.7 Å². The van der Waals surface area contributed by atoms with E-state index in [-0.39, 0.29) is 31.0 Å². The number of hydrogen-bond acceptors (Lipinski definition) is 6. The molecule has 1 aromatic heterocycles. The van der Waals surface area contributed by atoms with E-state index in [9.17, 15) is 14.4 Å². The third-order valence-electron chi connectivity index (χ3n) is 5.82. The number of rotatable bonds is 5. The first kappa shape index (κ1) is 19.4. The molecule has 0 radical (unpaired) electrons. The number of imide groups is 1. The Bertz CT molecular complexity index is 978. The standard InChI is InChI=1S/C20H25N5O4/c1-23-18(22-25(20(23)29)16-6-7-17(27)21-19(16)28)14-2-4-15(5-3-14)24-10-8-13(12-24)9-11-26/h2-5,13,16,26H,6-12H2,1H3,(H,21,27,28). The summed E-state index contributed by atoms with van der Waals surface area (Å²) in [5.41, 5.74) is 1.50. The number of aromatic nitrogens is 3. The van der Waals surface area contributed by atoms with Crippen molar-refractivity contribution in [2.75, 3.05) is 24.6 Å². The molecule has 9 nitrogen and oxygen atoms in total. The van der Waals surface area contributed by atoms with E-state index in [4.69, 9.17) is 5.11 Å². The van der Waals surface area contributed by atoms with Gasteiger partial charge in [-0.15, -0.1) is 5.10 Å². The molecule has 2 fully saturated rings. The minimum absolute atomic E-state index is 0.191. The quantitative estimate of drug-likeness (QED) is 0.706. The molecule has 2 aliphatic rings. The van der Waals surface area contributed by atoms with Gasteiger partial charge in [-0.05, 0) is 49.4 Å². The SMILES string of the molecule is Cn1c(-c2ccc(N3CCC(CCO)C3)cc2)nn(C2CCC(=O)NC2=O)c1=O. The smallest absolute Gasteiger partial charge is 0.346 e. The number of benzene rings is 1. The zero-order valence-corrected chi connectivity index (χ0v) is 16.4. The molecule has 3 heterocycles. The fraction of sp³-hybridized carbons (Fsp3) is 0.500. The fourth-order valence-electron chi connectivity index (χ4n) is 4.13. The number of nitrogens with one attached hydrogen (secondary N) is 1. The van der Waals surface area contributed by atoms with Crippen LogP contribution in [0, 0.1) is 5.92 Å². The van der Waals surface area contributed by atoms with Crippen molar-refractivity contribution in [3.8, 4) is 11.4 Å². The van der Waals surface area contributed by atoms with Crippen molar-refractivity contribution in [2.24, 2.45) is 13.0 Å². The molecule has 0 bridgehead atoms. The Labute approximate surface area is 167 Å². The van der Waals surface area contributed by atoms with Crippen molar-refractivity contribution in [2.45, 2.75) is 31.7 Å². The fourth-order valence-corrected chi connectivity index (χ4v) is 4.13. The Balaban J connectivity index is 1.55. The highest BCUT2D eigenvalue weighted by Gasteiger charge is 2.31. The number of aliphatic hydroxyl groups is 1. The van der Waals surface area contributed by atoms with Crippen LogP contribution in [0.1, 0.15) is 31.7 Å². The van der Waals surface area contributed by atoms with E-state index < -0.39 is 11.9 Å². The lowest BCUT2D eigenvalue weighted by molar-refractivity contribution is -0.136. The number of carbonyl (C=O) groups excluding carboxylic acids is 2. The van der Waals surface area contributed by atoms with Gasteiger partial charge in [0.1, 0.15) is 6.04 Å². The molecule has 0 saturated carbocycles. The molecule has 154 valence electrons. The lowest BCUT2D eigenvalue weighted by Crippen LogP contribution is -2.44. The van der Waals surface area contributed by atoms with Crippen LogP contribution in [0.2, 0.25) is 0 Å². The van der Waals surface area contributed by atoms with Crippen LogP contribution in [0.3, 0.4) is 0 Å². The summed E-state index contributed by atoms with van der Waals surface area (Å²) in [6.45, 7) is 2.12. The van der Waals surface area contributed by atoms with E-state index in [0.717, 1.165) is 37.2 Å². The summed E-state index contributed by atoms with van der Waals surface area (Å²) < 4.78 is 2.59. The number of piperidine rings is 1. The minimum atomic E-state index is -0.771. The van der Waals surface area contributed by atoms with Crippen molar-refractivity contribution in [1.82, 2.24) is 19.7 Å². The topological polar surface area (TPSA) is 109 Å². The molecule has 2 saturated heterocycles. The van der Waals surface area contributed by atoms with Gasteiger partial charge in [0.15, 0.2) is 5.82 Å². The molecule has 4 rings (SSSR count). The Morgan fingerprint density at radius 1 is 1.17 bits per heavy atom. The molecule has 2 N–H and O–H groups in total. The van der Waals surface area contributed by atoms with E-state index in [0.29, 0.717) is 11.7 Å². The maximum absolute atomic E-state index is 12.6. The molecule has 0 aliphatic carbocycles. The predicted octanol–water partition coefficient (Wildman–Crippen LogP) is 0.435. The molecule has 1 aromatic carbocycles. The van der Waals surface area contributed by atoms with Gasteiger partial charge in [0.25, 0.3) is 5.91 Å². The number of aliphatic hydroxyl groups excluding tert-OH is 1. The van der Waals surface area contributed by atoms with Crippen LogP contribution >= 0.6 is 0 Å². The van der Waals surface area contributed by atoms with Gasteiger partial charge < -0.3 is 10.0 Å². The molecule has 2 aromatic rings. The summed E-state index contributed by atoms with van der Waals surface area (Å²) in [7, 11) is 1.63. The molecule has 2 unspecified atom stereocenters.